The quantitative estimate of drug-likeness (QED) is 0.519. The summed E-state index contributed by atoms with van der Waals surface area (Å²) in [5.74, 6) is 0. The minimum absolute atomic E-state index is 0.111. The highest BCUT2D eigenvalue weighted by atomic mass is 16.5. The lowest BCUT2D eigenvalue weighted by Gasteiger charge is -2.14. The van der Waals surface area contributed by atoms with E-state index in [9.17, 15) is 4.79 Å². The lowest BCUT2D eigenvalue weighted by molar-refractivity contribution is -0.119. The largest absolute Gasteiger partial charge is 0.371 e. The highest BCUT2D eigenvalue weighted by molar-refractivity contribution is 5.55. The fraction of sp³-hybridized carbons (Fsp3) is 0.875. The third-order valence-corrected chi connectivity index (χ3v) is 1.87. The van der Waals surface area contributed by atoms with Crippen LogP contribution >= 0.6 is 0 Å². The molecule has 10 heavy (non-hydrogen) atoms. The molecule has 0 radical (unpaired) electrons. The van der Waals surface area contributed by atoms with Gasteiger partial charge in [0.15, 0.2) is 0 Å². The summed E-state index contributed by atoms with van der Waals surface area (Å²) in [6, 6.07) is 0. The molecule has 1 atom stereocenters. The van der Waals surface area contributed by atoms with Crippen molar-refractivity contribution in [1.82, 2.24) is 0 Å². The summed E-state index contributed by atoms with van der Waals surface area (Å²) in [5.41, 5.74) is 0. The lowest BCUT2D eigenvalue weighted by Crippen LogP contribution is -2.16. The third-order valence-electron chi connectivity index (χ3n) is 1.87. The molecule has 1 heterocycles. The van der Waals surface area contributed by atoms with Gasteiger partial charge < -0.3 is 9.53 Å². The SMILES string of the molecule is O=CC1CCCCCCO1. The van der Waals surface area contributed by atoms with Crippen LogP contribution in [0.25, 0.3) is 0 Å². The maximum absolute atomic E-state index is 10.3. The number of carbonyl (C=O) groups excluding carboxylic acids is 1. The van der Waals surface area contributed by atoms with Gasteiger partial charge in [-0.05, 0) is 12.8 Å². The van der Waals surface area contributed by atoms with Gasteiger partial charge in [0.2, 0.25) is 0 Å². The predicted molar refractivity (Wildman–Crippen MR) is 38.9 cm³/mol. The Bertz CT molecular complexity index is 93.4. The van der Waals surface area contributed by atoms with E-state index in [1.54, 1.807) is 0 Å². The summed E-state index contributed by atoms with van der Waals surface area (Å²) in [7, 11) is 0. The van der Waals surface area contributed by atoms with Crippen molar-refractivity contribution >= 4 is 6.29 Å². The van der Waals surface area contributed by atoms with E-state index in [4.69, 9.17) is 4.74 Å². The number of ether oxygens (including phenoxy) is 1. The maximum Gasteiger partial charge on any atom is 0.148 e. The van der Waals surface area contributed by atoms with Gasteiger partial charge in [-0.2, -0.15) is 0 Å². The molecule has 0 amide bonds. The molecule has 0 aromatic heterocycles. The van der Waals surface area contributed by atoms with Crippen molar-refractivity contribution in [3.8, 4) is 0 Å². The normalized spacial score (nSPS) is 28.6. The zero-order valence-corrected chi connectivity index (χ0v) is 6.21. The number of aldehydes is 1. The Balaban J connectivity index is 2.22. The molecule has 0 N–H and O–H groups in total. The van der Waals surface area contributed by atoms with Crippen LogP contribution in [-0.2, 0) is 9.53 Å². The highest BCUT2D eigenvalue weighted by Gasteiger charge is 2.08. The first kappa shape index (κ1) is 7.73. The Morgan fingerprint density at radius 3 is 2.80 bits per heavy atom. The molecule has 0 aromatic carbocycles. The summed E-state index contributed by atoms with van der Waals surface area (Å²) >= 11 is 0. The van der Waals surface area contributed by atoms with Gasteiger partial charge in [0.25, 0.3) is 0 Å². The average molecular weight is 142 g/mol. The Labute approximate surface area is 61.6 Å². The molecule has 2 nitrogen and oxygen atoms in total. The van der Waals surface area contributed by atoms with Crippen molar-refractivity contribution in [1.29, 1.82) is 0 Å². The van der Waals surface area contributed by atoms with Crippen LogP contribution in [0.15, 0.2) is 0 Å². The molecule has 1 saturated heterocycles. The molecule has 0 saturated carbocycles. The second-order valence-corrected chi connectivity index (χ2v) is 2.75. The first-order valence-corrected chi connectivity index (χ1v) is 4.00. The molecule has 0 bridgehead atoms. The standard InChI is InChI=1S/C8H14O2/c9-7-8-5-3-1-2-4-6-10-8/h7-8H,1-6H2. The average Bonchev–Trinajstić information content (AvgIpc) is 1.87. The fourth-order valence-corrected chi connectivity index (χ4v) is 1.23. The van der Waals surface area contributed by atoms with E-state index in [2.05, 4.69) is 0 Å². The monoisotopic (exact) mass is 142 g/mol. The first-order valence-electron chi connectivity index (χ1n) is 4.00. The second-order valence-electron chi connectivity index (χ2n) is 2.75. The Morgan fingerprint density at radius 2 is 2.00 bits per heavy atom. The molecule has 2 heteroatoms. The van der Waals surface area contributed by atoms with Crippen LogP contribution in [0.3, 0.4) is 0 Å². The van der Waals surface area contributed by atoms with Crippen molar-refractivity contribution < 1.29 is 9.53 Å². The number of carbonyl (C=O) groups is 1. The Hall–Kier alpha value is -0.370. The van der Waals surface area contributed by atoms with Crippen LogP contribution in [0.4, 0.5) is 0 Å². The van der Waals surface area contributed by atoms with Crippen molar-refractivity contribution in [2.24, 2.45) is 0 Å². The van der Waals surface area contributed by atoms with Crippen molar-refractivity contribution in [3.05, 3.63) is 0 Å². The van der Waals surface area contributed by atoms with Crippen molar-refractivity contribution in [2.75, 3.05) is 6.61 Å². The van der Waals surface area contributed by atoms with Crippen molar-refractivity contribution in [2.45, 2.75) is 38.2 Å². The van der Waals surface area contributed by atoms with E-state index in [0.717, 1.165) is 32.2 Å². The zero-order chi connectivity index (χ0) is 7.23. The molecule has 1 fully saturated rings. The smallest absolute Gasteiger partial charge is 0.148 e. The summed E-state index contributed by atoms with van der Waals surface area (Å²) in [4.78, 5) is 10.3. The Morgan fingerprint density at radius 1 is 1.20 bits per heavy atom. The molecule has 1 rings (SSSR count). The molecule has 0 spiro atoms. The molecule has 0 aliphatic carbocycles. The second kappa shape index (κ2) is 4.45. The summed E-state index contributed by atoms with van der Waals surface area (Å²) in [6.07, 6.45) is 6.50. The third kappa shape index (κ3) is 2.48. The van der Waals surface area contributed by atoms with Gasteiger partial charge in [0, 0.05) is 6.61 Å². The van der Waals surface area contributed by atoms with Crippen LogP contribution in [0, 0.1) is 0 Å². The predicted octanol–water partition coefficient (Wildman–Crippen LogP) is 1.53. The number of hydrogen-bond donors (Lipinski definition) is 0. The van der Waals surface area contributed by atoms with Gasteiger partial charge in [0.1, 0.15) is 12.4 Å². The zero-order valence-electron chi connectivity index (χ0n) is 6.21. The van der Waals surface area contributed by atoms with Crippen LogP contribution in [0.5, 0.6) is 0 Å². The van der Waals surface area contributed by atoms with Gasteiger partial charge in [0.05, 0.1) is 0 Å². The highest BCUT2D eigenvalue weighted by Crippen LogP contribution is 2.11. The van der Waals surface area contributed by atoms with Crippen LogP contribution in [-0.4, -0.2) is 19.0 Å². The van der Waals surface area contributed by atoms with Crippen molar-refractivity contribution in [3.63, 3.8) is 0 Å². The molecular formula is C8H14O2. The topological polar surface area (TPSA) is 26.3 Å². The maximum atomic E-state index is 10.3. The summed E-state index contributed by atoms with van der Waals surface area (Å²) in [6.45, 7) is 0.767. The van der Waals surface area contributed by atoms with E-state index < -0.39 is 0 Å². The summed E-state index contributed by atoms with van der Waals surface area (Å²) in [5, 5.41) is 0. The van der Waals surface area contributed by atoms with Crippen LogP contribution in [0.1, 0.15) is 32.1 Å². The molecule has 1 aliphatic heterocycles. The minimum atomic E-state index is -0.111. The van der Waals surface area contributed by atoms with E-state index in [1.807, 2.05) is 0 Å². The van der Waals surface area contributed by atoms with Gasteiger partial charge in [-0.1, -0.05) is 19.3 Å². The fourth-order valence-electron chi connectivity index (χ4n) is 1.23. The van der Waals surface area contributed by atoms with Gasteiger partial charge in [-0.15, -0.1) is 0 Å². The van der Waals surface area contributed by atoms with Gasteiger partial charge in [-0.3, -0.25) is 0 Å². The Kier molecular flexibility index (Phi) is 3.44. The van der Waals surface area contributed by atoms with E-state index in [0.29, 0.717) is 0 Å². The first-order chi connectivity index (χ1) is 4.93. The van der Waals surface area contributed by atoms with Gasteiger partial charge in [-0.25, -0.2) is 0 Å². The van der Waals surface area contributed by atoms with Crippen LogP contribution in [0.2, 0.25) is 0 Å². The van der Waals surface area contributed by atoms with E-state index in [-0.39, 0.29) is 6.10 Å². The molecule has 0 aromatic rings. The minimum Gasteiger partial charge on any atom is -0.371 e. The lowest BCUT2D eigenvalue weighted by atomic mass is 10.1. The number of hydrogen-bond acceptors (Lipinski definition) is 2. The summed E-state index contributed by atoms with van der Waals surface area (Å²) < 4.78 is 5.26. The van der Waals surface area contributed by atoms with E-state index in [1.165, 1.54) is 12.8 Å². The molecule has 1 unspecified atom stereocenters. The van der Waals surface area contributed by atoms with E-state index >= 15 is 0 Å². The molecule has 58 valence electrons. The van der Waals surface area contributed by atoms with Gasteiger partial charge >= 0.3 is 0 Å². The molecule has 1 aliphatic rings. The van der Waals surface area contributed by atoms with Crippen LogP contribution < -0.4 is 0 Å². The number of rotatable bonds is 1. The molecular weight excluding hydrogens is 128 g/mol.